The van der Waals surface area contributed by atoms with E-state index in [4.69, 9.17) is 5.11 Å². The van der Waals surface area contributed by atoms with Gasteiger partial charge in [0.2, 0.25) is 11.8 Å². The standard InChI is InChI=1S/C17H32N2O4/c1-5-9-19(10-6-2)16(21)8-7-15(20)18-12-14(17(22)23)11-13(3)4/h13-14H,5-12H2,1-4H3,(H,18,20)(H,22,23)/t14-/m0/s1. The molecule has 0 rings (SSSR count). The summed E-state index contributed by atoms with van der Waals surface area (Å²) in [6, 6.07) is 0. The number of hydrogen-bond acceptors (Lipinski definition) is 3. The highest BCUT2D eigenvalue weighted by atomic mass is 16.4. The molecule has 6 heteroatoms. The molecule has 0 spiro atoms. The number of hydrogen-bond donors (Lipinski definition) is 2. The number of nitrogens with zero attached hydrogens (tertiary/aromatic N) is 1. The Morgan fingerprint density at radius 3 is 2.04 bits per heavy atom. The van der Waals surface area contributed by atoms with E-state index in [1.165, 1.54) is 0 Å². The molecule has 0 aliphatic carbocycles. The van der Waals surface area contributed by atoms with Gasteiger partial charge in [0.05, 0.1) is 5.92 Å². The Morgan fingerprint density at radius 1 is 1.04 bits per heavy atom. The highest BCUT2D eigenvalue weighted by Gasteiger charge is 2.20. The molecule has 0 bridgehead atoms. The van der Waals surface area contributed by atoms with Crippen LogP contribution in [0.1, 0.15) is 59.8 Å². The van der Waals surface area contributed by atoms with Crippen molar-refractivity contribution in [3.05, 3.63) is 0 Å². The zero-order valence-corrected chi connectivity index (χ0v) is 14.9. The first-order valence-electron chi connectivity index (χ1n) is 8.59. The van der Waals surface area contributed by atoms with Gasteiger partial charge < -0.3 is 15.3 Å². The van der Waals surface area contributed by atoms with Gasteiger partial charge >= 0.3 is 5.97 Å². The highest BCUT2D eigenvalue weighted by molar-refractivity contribution is 5.84. The minimum absolute atomic E-state index is 0.0131. The summed E-state index contributed by atoms with van der Waals surface area (Å²) in [5, 5.41) is 11.8. The molecule has 0 saturated heterocycles. The van der Waals surface area contributed by atoms with Gasteiger partial charge in [-0.25, -0.2) is 0 Å². The molecule has 0 aliphatic rings. The van der Waals surface area contributed by atoms with Crippen molar-refractivity contribution in [3.8, 4) is 0 Å². The lowest BCUT2D eigenvalue weighted by Gasteiger charge is -2.21. The Labute approximate surface area is 139 Å². The van der Waals surface area contributed by atoms with Gasteiger partial charge in [0, 0.05) is 32.5 Å². The Morgan fingerprint density at radius 2 is 1.61 bits per heavy atom. The summed E-state index contributed by atoms with van der Waals surface area (Å²) in [5.41, 5.74) is 0. The molecule has 0 aromatic heterocycles. The number of aliphatic carboxylic acids is 1. The number of amides is 2. The summed E-state index contributed by atoms with van der Waals surface area (Å²) in [6.45, 7) is 9.48. The quantitative estimate of drug-likeness (QED) is 0.575. The van der Waals surface area contributed by atoms with Crippen LogP contribution in [-0.2, 0) is 14.4 Å². The monoisotopic (exact) mass is 328 g/mol. The summed E-state index contributed by atoms with van der Waals surface area (Å²) in [5.74, 6) is -1.49. The minimum atomic E-state index is -0.896. The lowest BCUT2D eigenvalue weighted by atomic mass is 9.97. The molecule has 0 aromatic carbocycles. The number of carbonyl (C=O) groups is 3. The van der Waals surface area contributed by atoms with Gasteiger partial charge in [-0.2, -0.15) is 0 Å². The third-order valence-electron chi connectivity index (χ3n) is 3.56. The zero-order valence-electron chi connectivity index (χ0n) is 14.9. The van der Waals surface area contributed by atoms with E-state index in [0.717, 1.165) is 12.8 Å². The molecule has 2 amide bonds. The van der Waals surface area contributed by atoms with Crippen molar-refractivity contribution >= 4 is 17.8 Å². The van der Waals surface area contributed by atoms with Crippen molar-refractivity contribution in [3.63, 3.8) is 0 Å². The van der Waals surface area contributed by atoms with Crippen molar-refractivity contribution in [2.75, 3.05) is 19.6 Å². The second-order valence-electron chi connectivity index (χ2n) is 6.35. The second-order valence-corrected chi connectivity index (χ2v) is 6.35. The molecule has 0 radical (unpaired) electrons. The van der Waals surface area contributed by atoms with Crippen LogP contribution < -0.4 is 5.32 Å². The van der Waals surface area contributed by atoms with E-state index < -0.39 is 11.9 Å². The fraction of sp³-hybridized carbons (Fsp3) is 0.824. The van der Waals surface area contributed by atoms with Crippen LogP contribution in [0, 0.1) is 11.8 Å². The van der Waals surface area contributed by atoms with Crippen LogP contribution in [0.2, 0.25) is 0 Å². The summed E-state index contributed by atoms with van der Waals surface area (Å²) < 4.78 is 0. The normalized spacial score (nSPS) is 12.0. The number of nitrogens with one attached hydrogen (secondary N) is 1. The maximum atomic E-state index is 12.1. The van der Waals surface area contributed by atoms with Gasteiger partial charge in [-0.3, -0.25) is 14.4 Å². The number of rotatable bonds is 12. The highest BCUT2D eigenvalue weighted by Crippen LogP contribution is 2.11. The maximum Gasteiger partial charge on any atom is 0.308 e. The summed E-state index contributed by atoms with van der Waals surface area (Å²) >= 11 is 0. The Balaban J connectivity index is 4.23. The van der Waals surface area contributed by atoms with Crippen molar-refractivity contribution < 1.29 is 19.5 Å². The first kappa shape index (κ1) is 21.4. The average molecular weight is 328 g/mol. The first-order chi connectivity index (χ1) is 10.8. The van der Waals surface area contributed by atoms with Gasteiger partial charge in [-0.05, 0) is 25.2 Å². The number of carboxylic acids is 1. The van der Waals surface area contributed by atoms with Crippen LogP contribution in [0.5, 0.6) is 0 Å². The van der Waals surface area contributed by atoms with Crippen LogP contribution in [-0.4, -0.2) is 47.4 Å². The van der Waals surface area contributed by atoms with E-state index in [2.05, 4.69) is 5.32 Å². The van der Waals surface area contributed by atoms with Crippen LogP contribution in [0.25, 0.3) is 0 Å². The Kier molecular flexibility index (Phi) is 11.1. The lowest BCUT2D eigenvalue weighted by Crippen LogP contribution is -2.36. The SMILES string of the molecule is CCCN(CCC)C(=O)CCC(=O)NC[C@H](CC(C)C)C(=O)O. The summed E-state index contributed by atoms with van der Waals surface area (Å²) in [6.07, 6.45) is 2.60. The van der Waals surface area contributed by atoms with E-state index in [0.29, 0.717) is 19.5 Å². The van der Waals surface area contributed by atoms with Crippen LogP contribution >= 0.6 is 0 Å². The van der Waals surface area contributed by atoms with Gasteiger partial charge in [0.1, 0.15) is 0 Å². The van der Waals surface area contributed by atoms with Crippen LogP contribution in [0.4, 0.5) is 0 Å². The first-order valence-corrected chi connectivity index (χ1v) is 8.59. The molecule has 2 N–H and O–H groups in total. The number of carbonyl (C=O) groups excluding carboxylic acids is 2. The molecule has 6 nitrogen and oxygen atoms in total. The van der Waals surface area contributed by atoms with Crippen molar-refractivity contribution in [2.24, 2.45) is 11.8 Å². The van der Waals surface area contributed by atoms with E-state index in [1.54, 1.807) is 4.90 Å². The molecule has 134 valence electrons. The van der Waals surface area contributed by atoms with Gasteiger partial charge in [-0.1, -0.05) is 27.7 Å². The minimum Gasteiger partial charge on any atom is -0.481 e. The third kappa shape index (κ3) is 9.92. The molecule has 0 fully saturated rings. The second kappa shape index (κ2) is 11.9. The Hall–Kier alpha value is -1.59. The largest absolute Gasteiger partial charge is 0.481 e. The topological polar surface area (TPSA) is 86.7 Å². The smallest absolute Gasteiger partial charge is 0.308 e. The van der Waals surface area contributed by atoms with Crippen LogP contribution in [0.3, 0.4) is 0 Å². The lowest BCUT2D eigenvalue weighted by molar-refractivity contribution is -0.142. The molecule has 0 unspecified atom stereocenters. The number of carboxylic acid groups (broad SMARTS) is 1. The van der Waals surface area contributed by atoms with E-state index in [-0.39, 0.29) is 37.1 Å². The van der Waals surface area contributed by atoms with Gasteiger partial charge in [-0.15, -0.1) is 0 Å². The summed E-state index contributed by atoms with van der Waals surface area (Å²) in [4.78, 5) is 36.8. The molecule has 0 aliphatic heterocycles. The van der Waals surface area contributed by atoms with Crippen molar-refractivity contribution in [1.29, 1.82) is 0 Å². The molecule has 0 heterocycles. The van der Waals surface area contributed by atoms with Crippen molar-refractivity contribution in [2.45, 2.75) is 59.8 Å². The van der Waals surface area contributed by atoms with E-state index in [9.17, 15) is 14.4 Å². The zero-order chi connectivity index (χ0) is 17.8. The fourth-order valence-corrected chi connectivity index (χ4v) is 2.45. The molecule has 1 atom stereocenters. The molecular weight excluding hydrogens is 296 g/mol. The van der Waals surface area contributed by atoms with Crippen molar-refractivity contribution in [1.82, 2.24) is 10.2 Å². The fourth-order valence-electron chi connectivity index (χ4n) is 2.45. The van der Waals surface area contributed by atoms with E-state index in [1.807, 2.05) is 27.7 Å². The van der Waals surface area contributed by atoms with E-state index >= 15 is 0 Å². The molecule has 23 heavy (non-hydrogen) atoms. The Bertz CT molecular complexity index is 377. The molecular formula is C17H32N2O4. The molecule has 0 saturated carbocycles. The maximum absolute atomic E-state index is 12.1. The third-order valence-corrected chi connectivity index (χ3v) is 3.56. The molecule has 0 aromatic rings. The van der Waals surface area contributed by atoms with Gasteiger partial charge in [0.25, 0.3) is 0 Å². The van der Waals surface area contributed by atoms with Gasteiger partial charge in [0.15, 0.2) is 0 Å². The summed E-state index contributed by atoms with van der Waals surface area (Å²) in [7, 11) is 0. The predicted octanol–water partition coefficient (Wildman–Crippen LogP) is 2.28. The predicted molar refractivity (Wildman–Crippen MR) is 90.0 cm³/mol. The van der Waals surface area contributed by atoms with Crippen LogP contribution in [0.15, 0.2) is 0 Å². The average Bonchev–Trinajstić information content (AvgIpc) is 2.48.